The molecule has 0 bridgehead atoms. The van der Waals surface area contributed by atoms with Crippen LogP contribution in [-0.4, -0.2) is 48.7 Å². The molecule has 1 aromatic heterocycles. The largest absolute Gasteiger partial charge is 0.375 e. The number of carbonyl (C=O) groups is 2. The van der Waals surface area contributed by atoms with Gasteiger partial charge in [-0.05, 0) is 5.92 Å². The van der Waals surface area contributed by atoms with Crippen molar-refractivity contribution < 1.29 is 18.8 Å². The second-order valence-electron chi connectivity index (χ2n) is 4.53. The minimum absolute atomic E-state index is 0.0345. The lowest BCUT2D eigenvalue weighted by Gasteiger charge is -2.23. The van der Waals surface area contributed by atoms with Crippen LogP contribution in [0.4, 0.5) is 5.82 Å². The molecule has 0 atom stereocenters. The van der Waals surface area contributed by atoms with Gasteiger partial charge in [-0.1, -0.05) is 19.0 Å². The Labute approximate surface area is 111 Å². The topological polar surface area (TPSA) is 84.7 Å². The van der Waals surface area contributed by atoms with Gasteiger partial charge in [0.05, 0.1) is 6.54 Å². The monoisotopic (exact) mass is 269 g/mol. The SMILES string of the molecule is COCC(=O)N(CC(=O)Nc1ccon1)CC(C)C. The molecular formula is C12H19N3O4. The van der Waals surface area contributed by atoms with Gasteiger partial charge >= 0.3 is 0 Å². The molecule has 0 saturated heterocycles. The van der Waals surface area contributed by atoms with Gasteiger partial charge in [0, 0.05) is 19.7 Å². The molecule has 0 spiro atoms. The average Bonchev–Trinajstić information content (AvgIpc) is 2.80. The summed E-state index contributed by atoms with van der Waals surface area (Å²) in [7, 11) is 1.45. The number of rotatable bonds is 7. The second-order valence-corrected chi connectivity index (χ2v) is 4.53. The Morgan fingerprint density at radius 2 is 2.26 bits per heavy atom. The second kappa shape index (κ2) is 7.52. The molecule has 1 N–H and O–H groups in total. The van der Waals surface area contributed by atoms with Crippen LogP contribution in [0.3, 0.4) is 0 Å². The van der Waals surface area contributed by atoms with Gasteiger partial charge in [-0.25, -0.2) is 0 Å². The molecule has 0 saturated carbocycles. The van der Waals surface area contributed by atoms with E-state index in [1.54, 1.807) is 0 Å². The fraction of sp³-hybridized carbons (Fsp3) is 0.583. The first kappa shape index (κ1) is 15.2. The van der Waals surface area contributed by atoms with Gasteiger partial charge in [0.15, 0.2) is 5.82 Å². The number of aromatic nitrogens is 1. The molecule has 19 heavy (non-hydrogen) atoms. The zero-order chi connectivity index (χ0) is 14.3. The minimum Gasteiger partial charge on any atom is -0.375 e. The first-order valence-corrected chi connectivity index (χ1v) is 6.00. The highest BCUT2D eigenvalue weighted by molar-refractivity contribution is 5.93. The molecule has 0 fully saturated rings. The maximum Gasteiger partial charge on any atom is 0.249 e. The van der Waals surface area contributed by atoms with E-state index >= 15 is 0 Å². The minimum atomic E-state index is -0.320. The Morgan fingerprint density at radius 1 is 1.53 bits per heavy atom. The number of ether oxygens (including phenoxy) is 1. The van der Waals surface area contributed by atoms with Crippen molar-refractivity contribution in [3.05, 3.63) is 12.3 Å². The molecule has 0 aliphatic heterocycles. The maximum absolute atomic E-state index is 11.8. The van der Waals surface area contributed by atoms with E-state index in [9.17, 15) is 9.59 Å². The summed E-state index contributed by atoms with van der Waals surface area (Å²) in [6.45, 7) is 4.37. The summed E-state index contributed by atoms with van der Waals surface area (Å²) in [4.78, 5) is 25.0. The van der Waals surface area contributed by atoms with Crippen LogP contribution in [0.15, 0.2) is 16.9 Å². The Hall–Kier alpha value is -1.89. The van der Waals surface area contributed by atoms with Crippen LogP contribution in [0.5, 0.6) is 0 Å². The number of hydrogen-bond donors (Lipinski definition) is 1. The van der Waals surface area contributed by atoms with Crippen LogP contribution >= 0.6 is 0 Å². The highest BCUT2D eigenvalue weighted by Crippen LogP contribution is 2.03. The molecule has 0 unspecified atom stereocenters. The standard InChI is InChI=1S/C12H19N3O4/c1-9(2)6-15(12(17)8-18-3)7-11(16)13-10-4-5-19-14-10/h4-5,9H,6-8H2,1-3H3,(H,13,14,16). The number of nitrogens with one attached hydrogen (secondary N) is 1. The summed E-state index contributed by atoms with van der Waals surface area (Å²) in [5.74, 6) is 0.0554. The first-order valence-electron chi connectivity index (χ1n) is 6.00. The van der Waals surface area contributed by atoms with E-state index in [1.807, 2.05) is 13.8 Å². The zero-order valence-electron chi connectivity index (χ0n) is 11.4. The lowest BCUT2D eigenvalue weighted by atomic mass is 10.2. The van der Waals surface area contributed by atoms with Crippen molar-refractivity contribution in [1.82, 2.24) is 10.1 Å². The fourth-order valence-electron chi connectivity index (χ4n) is 1.54. The summed E-state index contributed by atoms with van der Waals surface area (Å²) < 4.78 is 9.41. The molecule has 7 nitrogen and oxygen atoms in total. The van der Waals surface area contributed by atoms with Crippen molar-refractivity contribution in [2.24, 2.45) is 5.92 Å². The van der Waals surface area contributed by atoms with Crippen LogP contribution in [0.2, 0.25) is 0 Å². The van der Waals surface area contributed by atoms with Gasteiger partial charge in [-0.3, -0.25) is 9.59 Å². The molecule has 2 amide bonds. The highest BCUT2D eigenvalue weighted by atomic mass is 16.5. The Kier molecular flexibility index (Phi) is 6.01. The molecule has 106 valence electrons. The van der Waals surface area contributed by atoms with Gasteiger partial charge in [0.25, 0.3) is 0 Å². The third-order valence-electron chi connectivity index (χ3n) is 2.25. The molecule has 7 heteroatoms. The van der Waals surface area contributed by atoms with Crippen molar-refractivity contribution in [3.63, 3.8) is 0 Å². The molecule has 0 aromatic carbocycles. The molecule has 0 radical (unpaired) electrons. The van der Waals surface area contributed by atoms with Crippen LogP contribution in [0.1, 0.15) is 13.8 Å². The predicted molar refractivity (Wildman–Crippen MR) is 68.4 cm³/mol. The summed E-state index contributed by atoms with van der Waals surface area (Å²) in [6, 6.07) is 1.53. The number of nitrogens with zero attached hydrogens (tertiary/aromatic N) is 2. The average molecular weight is 269 g/mol. The first-order chi connectivity index (χ1) is 9.02. The normalized spacial score (nSPS) is 10.5. The quantitative estimate of drug-likeness (QED) is 0.789. The Balaban J connectivity index is 2.55. The van der Waals surface area contributed by atoms with Crippen molar-refractivity contribution >= 4 is 17.6 Å². The molecule has 1 rings (SSSR count). The van der Waals surface area contributed by atoms with Crippen molar-refractivity contribution in [1.29, 1.82) is 0 Å². The highest BCUT2D eigenvalue weighted by Gasteiger charge is 2.18. The summed E-state index contributed by atoms with van der Waals surface area (Å²) in [5.41, 5.74) is 0. The maximum atomic E-state index is 11.8. The number of methoxy groups -OCH3 is 1. The molecule has 1 heterocycles. The molecule has 0 aliphatic rings. The third-order valence-corrected chi connectivity index (χ3v) is 2.25. The van der Waals surface area contributed by atoms with Crippen molar-refractivity contribution in [3.8, 4) is 0 Å². The zero-order valence-corrected chi connectivity index (χ0v) is 11.4. The number of hydrogen-bond acceptors (Lipinski definition) is 5. The van der Waals surface area contributed by atoms with E-state index in [-0.39, 0.29) is 30.9 Å². The van der Waals surface area contributed by atoms with Gasteiger partial charge in [0.1, 0.15) is 12.9 Å². The van der Waals surface area contributed by atoms with Crippen molar-refractivity contribution in [2.45, 2.75) is 13.8 Å². The van der Waals surface area contributed by atoms with E-state index in [0.29, 0.717) is 12.4 Å². The van der Waals surface area contributed by atoms with E-state index in [4.69, 9.17) is 4.74 Å². The molecular weight excluding hydrogens is 250 g/mol. The number of anilines is 1. The van der Waals surface area contributed by atoms with Crippen LogP contribution in [0.25, 0.3) is 0 Å². The summed E-state index contributed by atoms with van der Waals surface area (Å²) in [6.07, 6.45) is 1.36. The van der Waals surface area contributed by atoms with E-state index in [0.717, 1.165) is 0 Å². The smallest absolute Gasteiger partial charge is 0.249 e. The van der Waals surface area contributed by atoms with E-state index in [2.05, 4.69) is 15.0 Å². The fourth-order valence-corrected chi connectivity index (χ4v) is 1.54. The summed E-state index contributed by atoms with van der Waals surface area (Å²) in [5, 5.41) is 6.11. The van der Waals surface area contributed by atoms with E-state index in [1.165, 1.54) is 24.3 Å². The lowest BCUT2D eigenvalue weighted by molar-refractivity contribution is -0.138. The predicted octanol–water partition coefficient (Wildman–Crippen LogP) is 0.744. The Bertz CT molecular complexity index is 403. The van der Waals surface area contributed by atoms with Gasteiger partial charge < -0.3 is 19.5 Å². The van der Waals surface area contributed by atoms with Crippen LogP contribution < -0.4 is 5.32 Å². The summed E-state index contributed by atoms with van der Waals surface area (Å²) >= 11 is 0. The van der Waals surface area contributed by atoms with Gasteiger partial charge in [-0.15, -0.1) is 0 Å². The third kappa shape index (κ3) is 5.52. The number of carbonyl (C=O) groups excluding carboxylic acids is 2. The lowest BCUT2D eigenvalue weighted by Crippen LogP contribution is -2.41. The van der Waals surface area contributed by atoms with E-state index < -0.39 is 0 Å². The van der Waals surface area contributed by atoms with Crippen LogP contribution in [0, 0.1) is 5.92 Å². The van der Waals surface area contributed by atoms with Gasteiger partial charge in [-0.2, -0.15) is 0 Å². The number of amides is 2. The molecule has 0 aliphatic carbocycles. The van der Waals surface area contributed by atoms with Gasteiger partial charge in [0.2, 0.25) is 11.8 Å². The Morgan fingerprint density at radius 3 is 2.79 bits per heavy atom. The molecule has 1 aromatic rings. The van der Waals surface area contributed by atoms with Crippen molar-refractivity contribution in [2.75, 3.05) is 32.1 Å². The van der Waals surface area contributed by atoms with Crippen LogP contribution in [-0.2, 0) is 14.3 Å².